The molecule has 2 aromatic rings. The van der Waals surface area contributed by atoms with Gasteiger partial charge in [-0.25, -0.2) is 8.42 Å². The number of nitrogens with zero attached hydrogens (tertiary/aromatic N) is 1. The van der Waals surface area contributed by atoms with E-state index in [1.165, 1.54) is 17.5 Å². The molecule has 2 N–H and O–H groups in total. The van der Waals surface area contributed by atoms with Gasteiger partial charge in [0.25, 0.3) is 10.0 Å². The van der Waals surface area contributed by atoms with Gasteiger partial charge in [0.2, 0.25) is 0 Å². The molecule has 0 saturated carbocycles. The Morgan fingerprint density at radius 3 is 2.84 bits per heavy atom. The van der Waals surface area contributed by atoms with E-state index in [9.17, 15) is 8.42 Å². The van der Waals surface area contributed by atoms with Gasteiger partial charge in [-0.3, -0.25) is 9.71 Å². The SMILES string of the molecule is CCNCc1ccc(S(=O)(=O)Nc2cccnc2)s1. The maximum absolute atomic E-state index is 12.1. The number of anilines is 1. The normalized spacial score (nSPS) is 11.4. The number of hydrogen-bond donors (Lipinski definition) is 2. The number of nitrogens with one attached hydrogen (secondary N) is 2. The van der Waals surface area contributed by atoms with Crippen LogP contribution in [0.2, 0.25) is 0 Å². The Kier molecular flexibility index (Phi) is 4.52. The van der Waals surface area contributed by atoms with Crippen molar-refractivity contribution in [3.63, 3.8) is 0 Å². The molecular formula is C12H15N3O2S2. The van der Waals surface area contributed by atoms with Gasteiger partial charge in [0.05, 0.1) is 11.9 Å². The van der Waals surface area contributed by atoms with Crippen molar-refractivity contribution in [3.05, 3.63) is 41.5 Å². The predicted molar refractivity (Wildman–Crippen MR) is 76.7 cm³/mol. The summed E-state index contributed by atoms with van der Waals surface area (Å²) in [5, 5.41) is 3.16. The van der Waals surface area contributed by atoms with Crippen LogP contribution in [0.1, 0.15) is 11.8 Å². The van der Waals surface area contributed by atoms with E-state index in [1.54, 1.807) is 24.4 Å². The third-order valence-corrected chi connectivity index (χ3v) is 5.32. The van der Waals surface area contributed by atoms with Crippen LogP contribution in [0.25, 0.3) is 0 Å². The van der Waals surface area contributed by atoms with E-state index in [-0.39, 0.29) is 0 Å². The van der Waals surface area contributed by atoms with Crippen LogP contribution in [-0.4, -0.2) is 19.9 Å². The van der Waals surface area contributed by atoms with Crippen molar-refractivity contribution in [2.75, 3.05) is 11.3 Å². The first-order chi connectivity index (χ1) is 9.12. The molecule has 0 aliphatic carbocycles. The zero-order valence-corrected chi connectivity index (χ0v) is 12.1. The summed E-state index contributed by atoms with van der Waals surface area (Å²) in [6.07, 6.45) is 3.07. The van der Waals surface area contributed by atoms with Crippen molar-refractivity contribution in [3.8, 4) is 0 Å². The van der Waals surface area contributed by atoms with Crippen molar-refractivity contribution in [2.24, 2.45) is 0 Å². The van der Waals surface area contributed by atoms with Gasteiger partial charge in [0, 0.05) is 17.6 Å². The number of aromatic nitrogens is 1. The van der Waals surface area contributed by atoms with Gasteiger partial charge >= 0.3 is 0 Å². The number of pyridine rings is 1. The molecule has 19 heavy (non-hydrogen) atoms. The van der Waals surface area contributed by atoms with E-state index in [4.69, 9.17) is 0 Å². The van der Waals surface area contributed by atoms with E-state index in [0.717, 1.165) is 11.4 Å². The first-order valence-electron chi connectivity index (χ1n) is 5.84. The second kappa shape index (κ2) is 6.14. The van der Waals surface area contributed by atoms with E-state index >= 15 is 0 Å². The van der Waals surface area contributed by atoms with Gasteiger partial charge in [-0.05, 0) is 30.8 Å². The van der Waals surface area contributed by atoms with Crippen molar-refractivity contribution < 1.29 is 8.42 Å². The van der Waals surface area contributed by atoms with Crippen LogP contribution < -0.4 is 10.0 Å². The summed E-state index contributed by atoms with van der Waals surface area (Å²) in [4.78, 5) is 4.87. The molecule has 0 bridgehead atoms. The second-order valence-electron chi connectivity index (χ2n) is 3.85. The average Bonchev–Trinajstić information content (AvgIpc) is 2.86. The topological polar surface area (TPSA) is 71.1 Å². The fourth-order valence-corrected chi connectivity index (χ4v) is 3.84. The third kappa shape index (κ3) is 3.76. The van der Waals surface area contributed by atoms with E-state index in [2.05, 4.69) is 15.0 Å². The Morgan fingerprint density at radius 1 is 1.32 bits per heavy atom. The molecule has 0 amide bonds. The Bertz CT molecular complexity index is 623. The average molecular weight is 297 g/mol. The van der Waals surface area contributed by atoms with Crippen molar-refractivity contribution in [1.82, 2.24) is 10.3 Å². The molecule has 0 saturated heterocycles. The zero-order chi connectivity index (χ0) is 13.7. The fraction of sp³-hybridized carbons (Fsp3) is 0.250. The third-order valence-electron chi connectivity index (χ3n) is 2.36. The highest BCUT2D eigenvalue weighted by atomic mass is 32.2. The minimum absolute atomic E-state index is 0.309. The van der Waals surface area contributed by atoms with Crippen molar-refractivity contribution in [1.29, 1.82) is 0 Å². The quantitative estimate of drug-likeness (QED) is 0.856. The highest BCUT2D eigenvalue weighted by Gasteiger charge is 2.16. The molecule has 5 nitrogen and oxygen atoms in total. The van der Waals surface area contributed by atoms with Gasteiger partial charge < -0.3 is 5.32 Å². The lowest BCUT2D eigenvalue weighted by atomic mass is 10.4. The molecule has 2 aromatic heterocycles. The molecule has 0 unspecified atom stereocenters. The van der Waals surface area contributed by atoms with Crippen LogP contribution in [0, 0.1) is 0 Å². The molecule has 0 fully saturated rings. The first-order valence-corrected chi connectivity index (χ1v) is 8.14. The molecule has 2 rings (SSSR count). The van der Waals surface area contributed by atoms with Crippen LogP contribution in [-0.2, 0) is 16.6 Å². The van der Waals surface area contributed by atoms with Crippen LogP contribution >= 0.6 is 11.3 Å². The lowest BCUT2D eigenvalue weighted by Gasteiger charge is -2.04. The molecule has 0 radical (unpaired) electrons. The van der Waals surface area contributed by atoms with Crippen molar-refractivity contribution >= 4 is 27.0 Å². The van der Waals surface area contributed by atoms with Gasteiger partial charge in [-0.1, -0.05) is 6.92 Å². The Labute approximate surface area is 116 Å². The first kappa shape index (κ1) is 14.0. The lowest BCUT2D eigenvalue weighted by molar-refractivity contribution is 0.603. The molecule has 7 heteroatoms. The van der Waals surface area contributed by atoms with Crippen LogP contribution in [0.15, 0.2) is 40.9 Å². The Morgan fingerprint density at radius 2 is 2.16 bits per heavy atom. The molecule has 0 aromatic carbocycles. The zero-order valence-electron chi connectivity index (χ0n) is 10.5. The summed E-state index contributed by atoms with van der Waals surface area (Å²) in [7, 11) is -3.52. The molecule has 0 atom stereocenters. The van der Waals surface area contributed by atoms with Crippen molar-refractivity contribution in [2.45, 2.75) is 17.7 Å². The maximum Gasteiger partial charge on any atom is 0.271 e. The van der Waals surface area contributed by atoms with Gasteiger partial charge in [-0.15, -0.1) is 11.3 Å². The predicted octanol–water partition coefficient (Wildman–Crippen LogP) is 2.05. The number of hydrogen-bond acceptors (Lipinski definition) is 5. The standard InChI is InChI=1S/C12H15N3O2S2/c1-2-13-9-11-5-6-12(18-11)19(16,17)15-10-4-3-7-14-8-10/h3-8,13,15H,2,9H2,1H3. The largest absolute Gasteiger partial charge is 0.312 e. The number of thiophene rings is 1. The van der Waals surface area contributed by atoms with E-state index < -0.39 is 10.0 Å². The van der Waals surface area contributed by atoms with E-state index in [0.29, 0.717) is 16.4 Å². The van der Waals surface area contributed by atoms with E-state index in [1.807, 2.05) is 13.0 Å². The maximum atomic E-state index is 12.1. The summed E-state index contributed by atoms with van der Waals surface area (Å²) in [6, 6.07) is 6.79. The molecule has 0 aliphatic heterocycles. The number of rotatable bonds is 6. The summed E-state index contributed by atoms with van der Waals surface area (Å²) in [5.41, 5.74) is 0.462. The van der Waals surface area contributed by atoms with Gasteiger partial charge in [-0.2, -0.15) is 0 Å². The Hall–Kier alpha value is -1.44. The summed E-state index contributed by atoms with van der Waals surface area (Å²) in [6.45, 7) is 3.55. The van der Waals surface area contributed by atoms with Crippen LogP contribution in [0.5, 0.6) is 0 Å². The summed E-state index contributed by atoms with van der Waals surface area (Å²) < 4.78 is 27.1. The lowest BCUT2D eigenvalue weighted by Crippen LogP contribution is -2.11. The van der Waals surface area contributed by atoms with Gasteiger partial charge in [0.15, 0.2) is 0 Å². The highest BCUT2D eigenvalue weighted by Crippen LogP contribution is 2.23. The minimum atomic E-state index is -3.52. The molecular weight excluding hydrogens is 282 g/mol. The number of sulfonamides is 1. The molecule has 102 valence electrons. The Balaban J connectivity index is 2.13. The summed E-state index contributed by atoms with van der Waals surface area (Å²) in [5.74, 6) is 0. The fourth-order valence-electron chi connectivity index (χ4n) is 1.47. The highest BCUT2D eigenvalue weighted by molar-refractivity contribution is 7.94. The smallest absolute Gasteiger partial charge is 0.271 e. The van der Waals surface area contributed by atoms with Crippen LogP contribution in [0.4, 0.5) is 5.69 Å². The monoisotopic (exact) mass is 297 g/mol. The van der Waals surface area contributed by atoms with Gasteiger partial charge in [0.1, 0.15) is 4.21 Å². The second-order valence-corrected chi connectivity index (χ2v) is 6.93. The molecule has 0 aliphatic rings. The minimum Gasteiger partial charge on any atom is -0.312 e. The van der Waals surface area contributed by atoms with Crippen LogP contribution in [0.3, 0.4) is 0 Å². The molecule has 0 spiro atoms. The molecule has 2 heterocycles. The summed E-state index contributed by atoms with van der Waals surface area (Å²) >= 11 is 1.27.